The molecule has 0 aliphatic carbocycles. The van der Waals surface area contributed by atoms with Gasteiger partial charge in [-0.15, -0.1) is 0 Å². The Kier molecular flexibility index (Phi) is 5.98. The lowest BCUT2D eigenvalue weighted by atomic mass is 10.0. The normalized spacial score (nSPS) is 13.0. The quantitative estimate of drug-likeness (QED) is 0.768. The Morgan fingerprint density at radius 3 is 2.43 bits per heavy atom. The van der Waals surface area contributed by atoms with E-state index in [9.17, 15) is 10.2 Å². The van der Waals surface area contributed by atoms with E-state index in [4.69, 9.17) is 14.7 Å². The Morgan fingerprint density at radius 1 is 1.04 bits per heavy atom. The molecule has 0 heterocycles. The van der Waals surface area contributed by atoms with E-state index < -0.39 is 12.2 Å². The van der Waals surface area contributed by atoms with Crippen LogP contribution in [0.4, 0.5) is 0 Å². The van der Waals surface area contributed by atoms with Gasteiger partial charge in [0.15, 0.2) is 17.6 Å². The molecule has 0 radical (unpaired) electrons. The predicted molar refractivity (Wildman–Crippen MR) is 85.0 cm³/mol. The average Bonchev–Trinajstić information content (AvgIpc) is 2.60. The Morgan fingerprint density at radius 2 is 1.78 bits per heavy atom. The molecule has 0 aliphatic rings. The molecule has 0 fully saturated rings. The summed E-state index contributed by atoms with van der Waals surface area (Å²) < 4.78 is 11.3. The van der Waals surface area contributed by atoms with Gasteiger partial charge in [0.2, 0.25) is 0 Å². The topological polar surface area (TPSA) is 82.7 Å². The molecule has 2 rings (SSSR count). The number of hydrogen-bond acceptors (Lipinski definition) is 5. The minimum absolute atomic E-state index is 0.392. The van der Waals surface area contributed by atoms with Crippen LogP contribution in [0.1, 0.15) is 24.2 Å². The number of nitriles is 1. The maximum Gasteiger partial charge on any atom is 0.170 e. The molecule has 2 aromatic carbocycles. The van der Waals surface area contributed by atoms with Gasteiger partial charge < -0.3 is 19.7 Å². The average molecular weight is 313 g/mol. The standard InChI is InChI=1S/C18H19NO4/c1-2-22-17-10-14(18(21)15(20)11-19)8-9-16(17)23-12-13-6-4-3-5-7-13/h3-10,15,18,20-21H,2,12H2,1H3. The monoisotopic (exact) mass is 313 g/mol. The summed E-state index contributed by atoms with van der Waals surface area (Å²) in [5, 5.41) is 28.0. The van der Waals surface area contributed by atoms with E-state index in [0.717, 1.165) is 5.56 Å². The number of ether oxygens (including phenoxy) is 2. The van der Waals surface area contributed by atoms with Gasteiger partial charge in [-0.2, -0.15) is 5.26 Å². The van der Waals surface area contributed by atoms with Crippen LogP contribution < -0.4 is 9.47 Å². The molecule has 2 aromatic rings. The largest absolute Gasteiger partial charge is 0.490 e. The van der Waals surface area contributed by atoms with E-state index in [2.05, 4.69) is 0 Å². The van der Waals surface area contributed by atoms with Crippen LogP contribution in [-0.4, -0.2) is 22.9 Å². The van der Waals surface area contributed by atoms with Gasteiger partial charge >= 0.3 is 0 Å². The lowest BCUT2D eigenvalue weighted by Gasteiger charge is -2.16. The zero-order valence-corrected chi connectivity index (χ0v) is 12.8. The fourth-order valence-electron chi connectivity index (χ4n) is 2.08. The smallest absolute Gasteiger partial charge is 0.170 e. The highest BCUT2D eigenvalue weighted by molar-refractivity contribution is 5.44. The highest BCUT2D eigenvalue weighted by Crippen LogP contribution is 2.32. The van der Waals surface area contributed by atoms with Crippen molar-refractivity contribution in [1.82, 2.24) is 0 Å². The first-order valence-corrected chi connectivity index (χ1v) is 7.35. The van der Waals surface area contributed by atoms with Crippen molar-refractivity contribution in [3.63, 3.8) is 0 Å². The fraction of sp³-hybridized carbons (Fsp3) is 0.278. The summed E-state index contributed by atoms with van der Waals surface area (Å²) in [5.41, 5.74) is 1.42. The van der Waals surface area contributed by atoms with Crippen molar-refractivity contribution in [2.24, 2.45) is 0 Å². The van der Waals surface area contributed by atoms with Gasteiger partial charge in [-0.05, 0) is 30.2 Å². The molecule has 0 bridgehead atoms. The SMILES string of the molecule is CCOc1cc(C(O)C(O)C#N)ccc1OCc1ccccc1. The maximum absolute atomic E-state index is 9.91. The molecule has 0 saturated heterocycles. The van der Waals surface area contributed by atoms with E-state index in [-0.39, 0.29) is 0 Å². The Hall–Kier alpha value is -2.55. The Bertz CT molecular complexity index is 666. The lowest BCUT2D eigenvalue weighted by Crippen LogP contribution is -2.15. The van der Waals surface area contributed by atoms with Crippen molar-refractivity contribution in [3.8, 4) is 17.6 Å². The molecule has 2 N–H and O–H groups in total. The second-order valence-electron chi connectivity index (χ2n) is 4.93. The van der Waals surface area contributed by atoms with Crippen LogP contribution in [0.15, 0.2) is 48.5 Å². The maximum atomic E-state index is 9.91. The molecule has 2 atom stereocenters. The van der Waals surface area contributed by atoms with Crippen LogP contribution in [0.5, 0.6) is 11.5 Å². The molecule has 0 saturated carbocycles. The highest BCUT2D eigenvalue weighted by Gasteiger charge is 2.19. The Labute approximate surface area is 135 Å². The van der Waals surface area contributed by atoms with Gasteiger partial charge in [-0.25, -0.2) is 0 Å². The molecule has 0 aliphatic heterocycles. The van der Waals surface area contributed by atoms with Gasteiger partial charge in [0.05, 0.1) is 12.7 Å². The molecule has 23 heavy (non-hydrogen) atoms. The van der Waals surface area contributed by atoms with E-state index in [1.54, 1.807) is 24.3 Å². The summed E-state index contributed by atoms with van der Waals surface area (Å²) in [6.45, 7) is 2.67. The molecule has 120 valence electrons. The zero-order valence-electron chi connectivity index (χ0n) is 12.8. The third-order valence-electron chi connectivity index (χ3n) is 3.28. The van der Waals surface area contributed by atoms with Crippen molar-refractivity contribution in [2.45, 2.75) is 25.7 Å². The first kappa shape index (κ1) is 16.8. The number of rotatable bonds is 7. The summed E-state index contributed by atoms with van der Waals surface area (Å²) in [4.78, 5) is 0. The minimum Gasteiger partial charge on any atom is -0.490 e. The molecule has 0 amide bonds. The van der Waals surface area contributed by atoms with E-state index >= 15 is 0 Å². The predicted octanol–water partition coefficient (Wildman–Crippen LogP) is 2.58. The number of aliphatic hydroxyl groups excluding tert-OH is 2. The number of aliphatic hydroxyl groups is 2. The third-order valence-corrected chi connectivity index (χ3v) is 3.28. The summed E-state index contributed by atoms with van der Waals surface area (Å²) in [6.07, 6.45) is -2.78. The Balaban J connectivity index is 2.17. The summed E-state index contributed by atoms with van der Waals surface area (Å²) >= 11 is 0. The van der Waals surface area contributed by atoms with E-state index in [1.165, 1.54) is 0 Å². The van der Waals surface area contributed by atoms with E-state index in [1.807, 2.05) is 37.3 Å². The van der Waals surface area contributed by atoms with E-state index in [0.29, 0.717) is 30.3 Å². The first-order valence-electron chi connectivity index (χ1n) is 7.35. The number of nitrogens with zero attached hydrogens (tertiary/aromatic N) is 1. The van der Waals surface area contributed by atoms with Crippen molar-refractivity contribution in [1.29, 1.82) is 5.26 Å². The second-order valence-corrected chi connectivity index (χ2v) is 4.93. The molecular formula is C18H19NO4. The van der Waals surface area contributed by atoms with Crippen molar-refractivity contribution < 1.29 is 19.7 Å². The van der Waals surface area contributed by atoms with Crippen LogP contribution in [0.25, 0.3) is 0 Å². The van der Waals surface area contributed by atoms with Crippen LogP contribution in [-0.2, 0) is 6.61 Å². The molecule has 5 nitrogen and oxygen atoms in total. The minimum atomic E-state index is -1.49. The first-order chi connectivity index (χ1) is 11.2. The highest BCUT2D eigenvalue weighted by atomic mass is 16.5. The van der Waals surface area contributed by atoms with Gasteiger partial charge in [0, 0.05) is 0 Å². The summed E-state index contributed by atoms with van der Waals surface area (Å²) in [5.74, 6) is 1.00. The molecule has 0 aromatic heterocycles. The van der Waals surface area contributed by atoms with Crippen LogP contribution in [0.3, 0.4) is 0 Å². The summed E-state index contributed by atoms with van der Waals surface area (Å²) in [6, 6.07) is 16.2. The van der Waals surface area contributed by atoms with Gasteiger partial charge in [-0.1, -0.05) is 36.4 Å². The van der Waals surface area contributed by atoms with Gasteiger partial charge in [-0.3, -0.25) is 0 Å². The fourth-order valence-corrected chi connectivity index (χ4v) is 2.08. The zero-order chi connectivity index (χ0) is 16.7. The molecule has 0 spiro atoms. The number of benzene rings is 2. The van der Waals surface area contributed by atoms with Crippen molar-refractivity contribution >= 4 is 0 Å². The second kappa shape index (κ2) is 8.18. The van der Waals surface area contributed by atoms with Gasteiger partial charge in [0.25, 0.3) is 0 Å². The molecule has 5 heteroatoms. The van der Waals surface area contributed by atoms with Crippen LogP contribution >= 0.6 is 0 Å². The molecule has 2 unspecified atom stereocenters. The third kappa shape index (κ3) is 4.46. The van der Waals surface area contributed by atoms with Crippen molar-refractivity contribution in [2.75, 3.05) is 6.61 Å². The summed E-state index contributed by atoms with van der Waals surface area (Å²) in [7, 11) is 0. The van der Waals surface area contributed by atoms with Crippen LogP contribution in [0.2, 0.25) is 0 Å². The van der Waals surface area contributed by atoms with Crippen molar-refractivity contribution in [3.05, 3.63) is 59.7 Å². The lowest BCUT2D eigenvalue weighted by molar-refractivity contribution is 0.0525. The number of hydrogen-bond donors (Lipinski definition) is 2. The molecular weight excluding hydrogens is 294 g/mol. The van der Waals surface area contributed by atoms with Gasteiger partial charge in [0.1, 0.15) is 12.7 Å². The van der Waals surface area contributed by atoms with Crippen LogP contribution in [0, 0.1) is 11.3 Å².